The maximum atomic E-state index is 11.0. The quantitative estimate of drug-likeness (QED) is 0.641. The van der Waals surface area contributed by atoms with Crippen molar-refractivity contribution in [2.24, 2.45) is 0 Å². The van der Waals surface area contributed by atoms with Crippen LogP contribution in [-0.2, 0) is 0 Å². The van der Waals surface area contributed by atoms with E-state index in [4.69, 9.17) is 9.84 Å². The number of ether oxygens (including phenoxy) is 1. The van der Waals surface area contributed by atoms with Gasteiger partial charge in [0.25, 0.3) is 0 Å². The zero-order valence-corrected chi connectivity index (χ0v) is 10.9. The van der Waals surface area contributed by atoms with E-state index in [1.54, 1.807) is 31.4 Å². The number of nitrogens with one attached hydrogen (secondary N) is 1. The van der Waals surface area contributed by atoms with Crippen molar-refractivity contribution in [3.63, 3.8) is 0 Å². The molecule has 8 nitrogen and oxygen atoms in total. The fourth-order valence-corrected chi connectivity index (χ4v) is 1.66. The molecule has 0 unspecified atom stereocenters. The molecular formula is C13H11N3O5. The Balaban J connectivity index is 2.29. The summed E-state index contributed by atoms with van der Waals surface area (Å²) in [5, 5.41) is 22.6. The highest BCUT2D eigenvalue weighted by atomic mass is 16.6. The van der Waals surface area contributed by atoms with Crippen LogP contribution in [-0.4, -0.2) is 28.1 Å². The van der Waals surface area contributed by atoms with Gasteiger partial charge in [0.1, 0.15) is 23.3 Å². The van der Waals surface area contributed by atoms with E-state index in [2.05, 4.69) is 10.3 Å². The van der Waals surface area contributed by atoms with Crippen LogP contribution in [0.5, 0.6) is 5.75 Å². The van der Waals surface area contributed by atoms with Gasteiger partial charge in [0.15, 0.2) is 0 Å². The summed E-state index contributed by atoms with van der Waals surface area (Å²) in [5.74, 6) is -0.520. The highest BCUT2D eigenvalue weighted by Gasteiger charge is 2.21. The number of methoxy groups -OCH3 is 1. The van der Waals surface area contributed by atoms with Crippen molar-refractivity contribution in [3.8, 4) is 5.75 Å². The van der Waals surface area contributed by atoms with Gasteiger partial charge in [-0.25, -0.2) is 9.78 Å². The Morgan fingerprint density at radius 2 is 2.05 bits per heavy atom. The maximum absolute atomic E-state index is 11.0. The fourth-order valence-electron chi connectivity index (χ4n) is 1.66. The molecule has 0 saturated heterocycles. The number of nitrogens with zero attached hydrogens (tertiary/aromatic N) is 2. The Morgan fingerprint density at radius 3 is 2.57 bits per heavy atom. The first kappa shape index (κ1) is 14.3. The number of pyridine rings is 1. The summed E-state index contributed by atoms with van der Waals surface area (Å²) >= 11 is 0. The molecule has 0 aliphatic heterocycles. The lowest BCUT2D eigenvalue weighted by atomic mass is 10.2. The van der Waals surface area contributed by atoms with Crippen LogP contribution in [0.1, 0.15) is 10.4 Å². The van der Waals surface area contributed by atoms with Crippen molar-refractivity contribution in [3.05, 3.63) is 52.2 Å². The number of nitro groups is 1. The molecule has 1 heterocycles. The second-order valence-electron chi connectivity index (χ2n) is 4.00. The molecule has 0 bridgehead atoms. The average Bonchev–Trinajstić information content (AvgIpc) is 2.47. The van der Waals surface area contributed by atoms with Gasteiger partial charge in [-0.15, -0.1) is 0 Å². The van der Waals surface area contributed by atoms with E-state index in [9.17, 15) is 14.9 Å². The molecule has 0 amide bonds. The summed E-state index contributed by atoms with van der Waals surface area (Å²) in [6, 6.07) is 7.97. The van der Waals surface area contributed by atoms with Gasteiger partial charge in [-0.1, -0.05) is 0 Å². The summed E-state index contributed by atoms with van der Waals surface area (Å²) in [7, 11) is 1.54. The van der Waals surface area contributed by atoms with Gasteiger partial charge in [0, 0.05) is 11.8 Å². The fraction of sp³-hybridized carbons (Fsp3) is 0.0769. The molecule has 0 saturated carbocycles. The molecule has 0 fully saturated rings. The predicted molar refractivity (Wildman–Crippen MR) is 74.1 cm³/mol. The number of aromatic carboxylic acids is 1. The van der Waals surface area contributed by atoms with Crippen LogP contribution < -0.4 is 10.1 Å². The largest absolute Gasteiger partial charge is 0.497 e. The van der Waals surface area contributed by atoms with Gasteiger partial charge >= 0.3 is 11.7 Å². The lowest BCUT2D eigenvalue weighted by Crippen LogP contribution is -2.05. The Bertz CT molecular complexity index is 685. The van der Waals surface area contributed by atoms with Crippen LogP contribution in [0, 0.1) is 10.1 Å². The number of carboxylic acid groups (broad SMARTS) is 1. The number of benzene rings is 1. The lowest BCUT2D eigenvalue weighted by Gasteiger charge is -2.07. The van der Waals surface area contributed by atoms with Crippen LogP contribution in [0.15, 0.2) is 36.5 Å². The SMILES string of the molecule is COc1ccc(Nc2cc(C(=O)O)c([N+](=O)[O-])cn2)cc1. The molecule has 2 rings (SSSR count). The van der Waals surface area contributed by atoms with Gasteiger partial charge in [0.05, 0.1) is 12.0 Å². The standard InChI is InChI=1S/C13H11N3O5/c1-21-9-4-2-8(3-5-9)15-12-6-10(13(17)18)11(7-14-12)16(19)20/h2-7H,1H3,(H,14,15)(H,17,18). The molecule has 2 N–H and O–H groups in total. The van der Waals surface area contributed by atoms with Crippen molar-refractivity contribution in [1.82, 2.24) is 4.98 Å². The zero-order valence-electron chi connectivity index (χ0n) is 10.9. The normalized spacial score (nSPS) is 9.95. The number of aromatic nitrogens is 1. The van der Waals surface area contributed by atoms with Crippen molar-refractivity contribution < 1.29 is 19.6 Å². The van der Waals surface area contributed by atoms with E-state index >= 15 is 0 Å². The summed E-state index contributed by atoms with van der Waals surface area (Å²) in [6.45, 7) is 0. The third-order valence-corrected chi connectivity index (χ3v) is 2.67. The van der Waals surface area contributed by atoms with Crippen molar-refractivity contribution in [1.29, 1.82) is 0 Å². The molecule has 0 radical (unpaired) electrons. The molecule has 108 valence electrons. The minimum absolute atomic E-state index is 0.197. The Kier molecular flexibility index (Phi) is 3.98. The van der Waals surface area contributed by atoms with Crippen LogP contribution in [0.3, 0.4) is 0 Å². The Labute approximate surface area is 119 Å². The summed E-state index contributed by atoms with van der Waals surface area (Å²) in [6.07, 6.45) is 0.912. The van der Waals surface area contributed by atoms with Gasteiger partial charge < -0.3 is 15.2 Å². The first-order valence-electron chi connectivity index (χ1n) is 5.80. The molecule has 21 heavy (non-hydrogen) atoms. The van der Waals surface area contributed by atoms with E-state index in [0.29, 0.717) is 11.4 Å². The third kappa shape index (κ3) is 3.24. The number of carboxylic acids is 1. The second-order valence-corrected chi connectivity index (χ2v) is 4.00. The topological polar surface area (TPSA) is 115 Å². The van der Waals surface area contributed by atoms with Crippen LogP contribution in [0.2, 0.25) is 0 Å². The Hall–Kier alpha value is -3.16. The van der Waals surface area contributed by atoms with E-state index in [-0.39, 0.29) is 5.82 Å². The summed E-state index contributed by atoms with van der Waals surface area (Å²) in [4.78, 5) is 24.8. The van der Waals surface area contributed by atoms with E-state index in [1.807, 2.05) is 0 Å². The highest BCUT2D eigenvalue weighted by Crippen LogP contribution is 2.23. The first-order chi connectivity index (χ1) is 10.0. The van der Waals surface area contributed by atoms with Gasteiger partial charge in [-0.05, 0) is 24.3 Å². The molecule has 0 aliphatic rings. The highest BCUT2D eigenvalue weighted by molar-refractivity contribution is 5.93. The molecule has 1 aromatic carbocycles. The number of rotatable bonds is 5. The minimum Gasteiger partial charge on any atom is -0.497 e. The molecule has 1 aromatic heterocycles. The smallest absolute Gasteiger partial charge is 0.342 e. The molecule has 0 aliphatic carbocycles. The van der Waals surface area contributed by atoms with E-state index in [1.165, 1.54) is 0 Å². The zero-order chi connectivity index (χ0) is 15.4. The predicted octanol–water partition coefficient (Wildman–Crippen LogP) is 2.44. The number of carbonyl (C=O) groups is 1. The molecule has 0 spiro atoms. The van der Waals surface area contributed by atoms with Crippen LogP contribution >= 0.6 is 0 Å². The molecule has 8 heteroatoms. The van der Waals surface area contributed by atoms with Crippen LogP contribution in [0.25, 0.3) is 0 Å². The minimum atomic E-state index is -1.39. The van der Waals surface area contributed by atoms with Crippen molar-refractivity contribution in [2.75, 3.05) is 12.4 Å². The van der Waals surface area contributed by atoms with E-state index < -0.39 is 22.1 Å². The lowest BCUT2D eigenvalue weighted by molar-refractivity contribution is -0.385. The molecule has 0 atom stereocenters. The average molecular weight is 289 g/mol. The van der Waals surface area contributed by atoms with Crippen molar-refractivity contribution in [2.45, 2.75) is 0 Å². The Morgan fingerprint density at radius 1 is 1.38 bits per heavy atom. The third-order valence-electron chi connectivity index (χ3n) is 2.67. The second kappa shape index (κ2) is 5.87. The monoisotopic (exact) mass is 289 g/mol. The molecule has 2 aromatic rings. The van der Waals surface area contributed by atoms with E-state index in [0.717, 1.165) is 12.3 Å². The van der Waals surface area contributed by atoms with Gasteiger partial charge in [-0.3, -0.25) is 10.1 Å². The van der Waals surface area contributed by atoms with Gasteiger partial charge in [-0.2, -0.15) is 0 Å². The first-order valence-corrected chi connectivity index (χ1v) is 5.80. The van der Waals surface area contributed by atoms with Crippen LogP contribution in [0.4, 0.5) is 17.2 Å². The molecular weight excluding hydrogens is 278 g/mol. The number of hydrogen-bond acceptors (Lipinski definition) is 6. The maximum Gasteiger partial charge on any atom is 0.342 e. The summed E-state index contributed by atoms with van der Waals surface area (Å²) in [5.41, 5.74) is -0.331. The number of hydrogen-bond donors (Lipinski definition) is 2. The van der Waals surface area contributed by atoms with Crippen molar-refractivity contribution >= 4 is 23.2 Å². The van der Waals surface area contributed by atoms with Gasteiger partial charge in [0.2, 0.25) is 0 Å². The summed E-state index contributed by atoms with van der Waals surface area (Å²) < 4.78 is 5.02. The number of anilines is 2.